The van der Waals surface area contributed by atoms with Gasteiger partial charge in [-0.15, -0.1) is 11.3 Å². The van der Waals surface area contributed by atoms with Gasteiger partial charge in [0.1, 0.15) is 15.2 Å². The summed E-state index contributed by atoms with van der Waals surface area (Å²) in [6, 6.07) is 4.71. The van der Waals surface area contributed by atoms with Gasteiger partial charge in [-0.25, -0.2) is 13.1 Å². The van der Waals surface area contributed by atoms with Crippen LogP contribution in [0.5, 0.6) is 0 Å². The number of thiophene rings is 1. The van der Waals surface area contributed by atoms with Crippen LogP contribution in [0, 0.1) is 23.2 Å². The second kappa shape index (κ2) is 7.54. The first kappa shape index (κ1) is 17.6. The lowest BCUT2D eigenvalue weighted by Crippen LogP contribution is -2.30. The largest absolute Gasteiger partial charge is 0.481 e. The lowest BCUT2D eigenvalue weighted by molar-refractivity contribution is -0.138. The molecule has 0 saturated carbocycles. The quantitative estimate of drug-likeness (QED) is 0.758. The van der Waals surface area contributed by atoms with Crippen LogP contribution in [0.4, 0.5) is 0 Å². The maximum atomic E-state index is 12.1. The van der Waals surface area contributed by atoms with Crippen LogP contribution in [0.25, 0.3) is 0 Å². The fraction of sp³-hybridized carbons (Fsp3) is 0.538. The van der Waals surface area contributed by atoms with Gasteiger partial charge in [-0.1, -0.05) is 13.8 Å². The average molecular weight is 330 g/mol. The van der Waals surface area contributed by atoms with Crippen molar-refractivity contribution in [2.75, 3.05) is 6.54 Å². The van der Waals surface area contributed by atoms with Crippen LogP contribution >= 0.6 is 11.3 Å². The van der Waals surface area contributed by atoms with Crippen LogP contribution < -0.4 is 4.72 Å². The van der Waals surface area contributed by atoms with E-state index in [1.54, 1.807) is 0 Å². The predicted molar refractivity (Wildman–Crippen MR) is 79.4 cm³/mol. The number of nitrogens with zero attached hydrogens (tertiary/aromatic N) is 1. The van der Waals surface area contributed by atoms with Crippen molar-refractivity contribution in [2.24, 2.45) is 11.8 Å². The highest BCUT2D eigenvalue weighted by Crippen LogP contribution is 2.21. The molecule has 0 aromatic carbocycles. The van der Waals surface area contributed by atoms with E-state index in [2.05, 4.69) is 4.72 Å². The molecule has 1 atom stereocenters. The molecule has 0 amide bonds. The molecule has 8 heteroatoms. The van der Waals surface area contributed by atoms with Gasteiger partial charge in [0, 0.05) is 13.0 Å². The molecule has 0 spiro atoms. The van der Waals surface area contributed by atoms with E-state index in [1.165, 1.54) is 12.1 Å². The van der Waals surface area contributed by atoms with E-state index in [0.29, 0.717) is 11.3 Å². The number of aliphatic carboxylic acids is 1. The highest BCUT2D eigenvalue weighted by Gasteiger charge is 2.21. The molecule has 0 fully saturated rings. The molecule has 6 nitrogen and oxygen atoms in total. The highest BCUT2D eigenvalue weighted by atomic mass is 32.2. The Morgan fingerprint density at radius 1 is 1.48 bits per heavy atom. The first-order chi connectivity index (χ1) is 9.74. The maximum absolute atomic E-state index is 12.1. The van der Waals surface area contributed by atoms with Gasteiger partial charge < -0.3 is 5.11 Å². The monoisotopic (exact) mass is 330 g/mol. The third-order valence-corrected chi connectivity index (χ3v) is 5.69. The molecule has 0 aliphatic rings. The van der Waals surface area contributed by atoms with Gasteiger partial charge in [-0.2, -0.15) is 5.26 Å². The molecular formula is C13H18N2O4S2. The van der Waals surface area contributed by atoms with E-state index in [9.17, 15) is 13.2 Å². The summed E-state index contributed by atoms with van der Waals surface area (Å²) in [4.78, 5) is 11.1. The number of sulfonamides is 1. The van der Waals surface area contributed by atoms with E-state index in [0.717, 1.165) is 11.3 Å². The molecule has 0 aliphatic carbocycles. The van der Waals surface area contributed by atoms with Crippen molar-refractivity contribution in [1.82, 2.24) is 4.72 Å². The summed E-state index contributed by atoms with van der Waals surface area (Å²) < 4.78 is 26.7. The minimum absolute atomic E-state index is 0.0673. The second-order valence-corrected chi connectivity index (χ2v) is 8.25. The number of nitriles is 1. The molecule has 1 unspecified atom stereocenters. The van der Waals surface area contributed by atoms with Gasteiger partial charge >= 0.3 is 5.97 Å². The molecule has 21 heavy (non-hydrogen) atoms. The fourth-order valence-electron chi connectivity index (χ4n) is 1.98. The minimum atomic E-state index is -3.69. The first-order valence-corrected chi connectivity index (χ1v) is 8.76. The molecule has 1 rings (SSSR count). The summed E-state index contributed by atoms with van der Waals surface area (Å²) in [5.74, 6) is -0.916. The van der Waals surface area contributed by atoms with Crippen LogP contribution in [0.1, 0.15) is 31.6 Å². The zero-order valence-electron chi connectivity index (χ0n) is 11.9. The summed E-state index contributed by atoms with van der Waals surface area (Å²) in [6.07, 6.45) is 0.553. The van der Waals surface area contributed by atoms with Crippen molar-refractivity contribution < 1.29 is 18.3 Å². The molecule has 2 N–H and O–H groups in total. The van der Waals surface area contributed by atoms with E-state index < -0.39 is 16.0 Å². The summed E-state index contributed by atoms with van der Waals surface area (Å²) in [5.41, 5.74) is 0. The molecular weight excluding hydrogens is 312 g/mol. The van der Waals surface area contributed by atoms with Crippen molar-refractivity contribution in [1.29, 1.82) is 5.26 Å². The van der Waals surface area contributed by atoms with E-state index in [1.807, 2.05) is 19.9 Å². The number of hydrogen-bond donors (Lipinski definition) is 2. The fourth-order valence-corrected chi connectivity index (χ4v) is 4.24. The summed E-state index contributed by atoms with van der Waals surface area (Å²) in [6.45, 7) is 4.00. The Hall–Kier alpha value is -1.43. The van der Waals surface area contributed by atoms with E-state index in [4.69, 9.17) is 10.4 Å². The number of nitrogens with one attached hydrogen (secondary N) is 1. The van der Waals surface area contributed by atoms with Gasteiger partial charge in [0.05, 0.1) is 0 Å². The van der Waals surface area contributed by atoms with E-state index in [-0.39, 0.29) is 29.0 Å². The Morgan fingerprint density at radius 3 is 2.62 bits per heavy atom. The van der Waals surface area contributed by atoms with Crippen LogP contribution in [0.3, 0.4) is 0 Å². The SMILES string of the molecule is CC(C)CC(CNS(=O)(=O)c1ccc(C#N)s1)CC(=O)O. The third-order valence-electron chi connectivity index (χ3n) is 2.79. The van der Waals surface area contributed by atoms with Crippen molar-refractivity contribution in [3.8, 4) is 6.07 Å². The maximum Gasteiger partial charge on any atom is 0.303 e. The number of carbonyl (C=O) groups is 1. The van der Waals surface area contributed by atoms with Crippen LogP contribution in [0.15, 0.2) is 16.3 Å². The normalized spacial score (nSPS) is 13.0. The smallest absolute Gasteiger partial charge is 0.303 e. The van der Waals surface area contributed by atoms with Crippen molar-refractivity contribution >= 4 is 27.3 Å². The lowest BCUT2D eigenvalue weighted by Gasteiger charge is -2.17. The molecule has 1 aromatic heterocycles. The predicted octanol–water partition coefficient (Wildman–Crippen LogP) is 2.04. The number of carboxylic acid groups (broad SMARTS) is 1. The molecule has 0 saturated heterocycles. The van der Waals surface area contributed by atoms with Gasteiger partial charge in [-0.3, -0.25) is 4.79 Å². The summed E-state index contributed by atoms with van der Waals surface area (Å²) in [7, 11) is -3.69. The Balaban J connectivity index is 2.73. The first-order valence-electron chi connectivity index (χ1n) is 6.46. The van der Waals surface area contributed by atoms with Gasteiger partial charge in [0.2, 0.25) is 10.0 Å². The summed E-state index contributed by atoms with van der Waals surface area (Å²) in [5, 5.41) is 17.6. The molecule has 116 valence electrons. The van der Waals surface area contributed by atoms with Crippen LogP contribution in [0.2, 0.25) is 0 Å². The minimum Gasteiger partial charge on any atom is -0.481 e. The molecule has 1 aromatic rings. The standard InChI is InChI=1S/C13H18N2O4S2/c1-9(2)5-10(6-12(16)17)8-15-21(18,19)13-4-3-11(7-14)20-13/h3-4,9-10,15H,5-6,8H2,1-2H3,(H,16,17). The number of rotatable bonds is 8. The Bertz CT molecular complexity index is 629. The van der Waals surface area contributed by atoms with Gasteiger partial charge in [0.15, 0.2) is 0 Å². The van der Waals surface area contributed by atoms with Crippen LogP contribution in [-0.2, 0) is 14.8 Å². The zero-order valence-corrected chi connectivity index (χ0v) is 13.5. The van der Waals surface area contributed by atoms with E-state index >= 15 is 0 Å². The molecule has 0 bridgehead atoms. The highest BCUT2D eigenvalue weighted by molar-refractivity contribution is 7.91. The molecule has 0 aliphatic heterocycles. The molecule has 0 radical (unpaired) electrons. The van der Waals surface area contributed by atoms with Crippen molar-refractivity contribution in [3.63, 3.8) is 0 Å². The number of hydrogen-bond acceptors (Lipinski definition) is 5. The topological polar surface area (TPSA) is 107 Å². The molecule has 1 heterocycles. The Kier molecular flexibility index (Phi) is 6.33. The van der Waals surface area contributed by atoms with Crippen LogP contribution in [-0.4, -0.2) is 26.0 Å². The Morgan fingerprint density at radius 2 is 2.14 bits per heavy atom. The van der Waals surface area contributed by atoms with Gasteiger partial charge in [0.25, 0.3) is 0 Å². The van der Waals surface area contributed by atoms with Gasteiger partial charge in [-0.05, 0) is 30.4 Å². The summed E-state index contributed by atoms with van der Waals surface area (Å²) >= 11 is 0.891. The van der Waals surface area contributed by atoms with Crippen molar-refractivity contribution in [2.45, 2.75) is 30.9 Å². The Labute approximate surface area is 128 Å². The lowest BCUT2D eigenvalue weighted by atomic mass is 9.94. The number of carboxylic acids is 1. The second-order valence-electron chi connectivity index (χ2n) is 5.18. The zero-order chi connectivity index (χ0) is 16.0. The third kappa shape index (κ3) is 5.83. The van der Waals surface area contributed by atoms with Crippen molar-refractivity contribution in [3.05, 3.63) is 17.0 Å². The average Bonchev–Trinajstić information content (AvgIpc) is 2.84.